The Morgan fingerprint density at radius 3 is 2.08 bits per heavy atom. The van der Waals surface area contributed by atoms with Crippen molar-refractivity contribution in [2.24, 2.45) is 17.4 Å². The van der Waals surface area contributed by atoms with Crippen LogP contribution in [0.3, 0.4) is 0 Å². The molecule has 2 atom stereocenters. The molecule has 0 aromatic rings. The van der Waals surface area contributed by atoms with Crippen molar-refractivity contribution in [2.75, 3.05) is 11.5 Å². The molecular formula is C7H14N2O2S2. The number of amides is 1. The third-order valence-electron chi connectivity index (χ3n) is 1.68. The van der Waals surface area contributed by atoms with Crippen molar-refractivity contribution >= 4 is 36.9 Å². The minimum absolute atomic E-state index is 0.0561. The predicted octanol–water partition coefficient (Wildman–Crippen LogP) is -0.766. The van der Waals surface area contributed by atoms with E-state index in [1.54, 1.807) is 0 Å². The molecule has 0 spiro atoms. The van der Waals surface area contributed by atoms with Gasteiger partial charge in [0.25, 0.3) is 0 Å². The van der Waals surface area contributed by atoms with E-state index in [0.29, 0.717) is 0 Å². The van der Waals surface area contributed by atoms with Crippen LogP contribution in [0.2, 0.25) is 0 Å². The SMILES string of the molecule is NC(=O)[C@H](CS)CC(=O)[C@@H](N)CS. The number of carbonyl (C=O) groups excluding carboxylic acids is 2. The van der Waals surface area contributed by atoms with Gasteiger partial charge in [-0.2, -0.15) is 25.3 Å². The lowest BCUT2D eigenvalue weighted by atomic mass is 10.0. The summed E-state index contributed by atoms with van der Waals surface area (Å²) in [6, 6.07) is -0.620. The average Bonchev–Trinajstić information content (AvgIpc) is 2.11. The predicted molar refractivity (Wildman–Crippen MR) is 58.0 cm³/mol. The van der Waals surface area contributed by atoms with Gasteiger partial charge in [-0.1, -0.05) is 0 Å². The highest BCUT2D eigenvalue weighted by Gasteiger charge is 2.20. The summed E-state index contributed by atoms with van der Waals surface area (Å²) in [5.74, 6) is -0.707. The van der Waals surface area contributed by atoms with Crippen LogP contribution in [-0.4, -0.2) is 29.2 Å². The van der Waals surface area contributed by atoms with Gasteiger partial charge in [-0.25, -0.2) is 0 Å². The van der Waals surface area contributed by atoms with Crippen LogP contribution in [0.4, 0.5) is 0 Å². The third kappa shape index (κ3) is 4.54. The second kappa shape index (κ2) is 6.28. The average molecular weight is 222 g/mol. The molecule has 76 valence electrons. The number of hydrogen-bond donors (Lipinski definition) is 4. The molecule has 0 aromatic heterocycles. The van der Waals surface area contributed by atoms with E-state index in [-0.39, 0.29) is 23.7 Å². The largest absolute Gasteiger partial charge is 0.369 e. The Balaban J connectivity index is 4.09. The zero-order valence-electron chi connectivity index (χ0n) is 7.14. The number of rotatable bonds is 6. The summed E-state index contributed by atoms with van der Waals surface area (Å²) in [4.78, 5) is 22.0. The molecule has 0 aromatic carbocycles. The van der Waals surface area contributed by atoms with Crippen LogP contribution >= 0.6 is 25.3 Å². The van der Waals surface area contributed by atoms with Gasteiger partial charge in [0.1, 0.15) is 0 Å². The summed E-state index contributed by atoms with van der Waals surface area (Å²) in [7, 11) is 0. The van der Waals surface area contributed by atoms with Crippen LogP contribution in [0, 0.1) is 5.92 Å². The van der Waals surface area contributed by atoms with E-state index in [4.69, 9.17) is 11.5 Å². The van der Waals surface area contributed by atoms with Gasteiger partial charge in [0.05, 0.1) is 12.0 Å². The molecule has 0 unspecified atom stereocenters. The van der Waals surface area contributed by atoms with Crippen molar-refractivity contribution in [1.82, 2.24) is 0 Å². The molecule has 0 bridgehead atoms. The number of nitrogens with two attached hydrogens (primary N) is 2. The van der Waals surface area contributed by atoms with Crippen LogP contribution < -0.4 is 11.5 Å². The van der Waals surface area contributed by atoms with Crippen molar-refractivity contribution in [3.05, 3.63) is 0 Å². The first-order valence-corrected chi connectivity index (χ1v) is 5.08. The molecule has 0 fully saturated rings. The number of hydrogen-bond acceptors (Lipinski definition) is 5. The van der Waals surface area contributed by atoms with E-state index in [9.17, 15) is 9.59 Å². The van der Waals surface area contributed by atoms with Crippen molar-refractivity contribution in [3.63, 3.8) is 0 Å². The normalized spacial score (nSPS) is 15.0. The molecule has 0 radical (unpaired) electrons. The van der Waals surface area contributed by atoms with E-state index in [0.717, 1.165) is 0 Å². The Morgan fingerprint density at radius 2 is 1.77 bits per heavy atom. The molecule has 13 heavy (non-hydrogen) atoms. The monoisotopic (exact) mass is 222 g/mol. The molecule has 0 aliphatic carbocycles. The molecule has 0 aliphatic heterocycles. The van der Waals surface area contributed by atoms with E-state index in [2.05, 4.69) is 25.3 Å². The fraction of sp³-hybridized carbons (Fsp3) is 0.714. The van der Waals surface area contributed by atoms with Gasteiger partial charge in [-0.15, -0.1) is 0 Å². The first-order valence-electron chi connectivity index (χ1n) is 3.82. The molecule has 0 aliphatic rings. The molecule has 1 amide bonds. The van der Waals surface area contributed by atoms with Crippen LogP contribution in [-0.2, 0) is 9.59 Å². The molecule has 0 rings (SSSR count). The zero-order chi connectivity index (χ0) is 10.4. The number of Topliss-reactive ketones (excluding diaryl/α,β-unsaturated/α-hetero) is 1. The summed E-state index contributed by atoms with van der Waals surface area (Å²) in [5, 5.41) is 0. The fourth-order valence-corrected chi connectivity index (χ4v) is 1.26. The molecular weight excluding hydrogens is 208 g/mol. The van der Waals surface area contributed by atoms with Crippen molar-refractivity contribution in [1.29, 1.82) is 0 Å². The fourth-order valence-electron chi connectivity index (χ4n) is 0.751. The van der Waals surface area contributed by atoms with Gasteiger partial charge in [0, 0.05) is 17.9 Å². The van der Waals surface area contributed by atoms with Crippen molar-refractivity contribution in [3.8, 4) is 0 Å². The summed E-state index contributed by atoms with van der Waals surface area (Å²) in [6.07, 6.45) is 0.0561. The number of thiol groups is 2. The Labute approximate surface area is 88.2 Å². The highest BCUT2D eigenvalue weighted by Crippen LogP contribution is 2.07. The lowest BCUT2D eigenvalue weighted by Gasteiger charge is -2.12. The van der Waals surface area contributed by atoms with Gasteiger partial charge < -0.3 is 11.5 Å². The van der Waals surface area contributed by atoms with E-state index in [1.165, 1.54) is 0 Å². The van der Waals surface area contributed by atoms with Gasteiger partial charge in [-0.3, -0.25) is 9.59 Å². The van der Waals surface area contributed by atoms with Crippen LogP contribution in [0.15, 0.2) is 0 Å². The number of ketones is 1. The standard InChI is InChI=1S/C7H14N2O2S2/c8-5(3-13)6(10)1-4(2-12)7(9)11/h4-5,12-13H,1-3,8H2,(H2,9,11)/t4-,5-/m0/s1. The van der Waals surface area contributed by atoms with Crippen LogP contribution in [0.25, 0.3) is 0 Å². The highest BCUT2D eigenvalue weighted by atomic mass is 32.1. The minimum Gasteiger partial charge on any atom is -0.369 e. The zero-order valence-corrected chi connectivity index (χ0v) is 8.93. The highest BCUT2D eigenvalue weighted by molar-refractivity contribution is 7.80. The Kier molecular flexibility index (Phi) is 6.19. The smallest absolute Gasteiger partial charge is 0.221 e. The quantitative estimate of drug-likeness (QED) is 0.445. The topological polar surface area (TPSA) is 86.2 Å². The molecule has 0 saturated heterocycles. The Morgan fingerprint density at radius 1 is 1.23 bits per heavy atom. The van der Waals surface area contributed by atoms with E-state index >= 15 is 0 Å². The van der Waals surface area contributed by atoms with E-state index in [1.807, 2.05) is 0 Å². The van der Waals surface area contributed by atoms with Crippen molar-refractivity contribution < 1.29 is 9.59 Å². The summed E-state index contributed by atoms with van der Waals surface area (Å²) in [6.45, 7) is 0. The second-order valence-electron chi connectivity index (χ2n) is 2.74. The van der Waals surface area contributed by atoms with Gasteiger partial charge >= 0.3 is 0 Å². The van der Waals surface area contributed by atoms with Gasteiger partial charge in [0.2, 0.25) is 5.91 Å². The lowest BCUT2D eigenvalue weighted by Crippen LogP contribution is -2.36. The maximum atomic E-state index is 11.2. The molecule has 6 heteroatoms. The van der Waals surface area contributed by atoms with Gasteiger partial charge in [-0.05, 0) is 0 Å². The second-order valence-corrected chi connectivity index (χ2v) is 3.47. The van der Waals surface area contributed by atoms with E-state index < -0.39 is 17.9 Å². The Bertz CT molecular complexity index is 199. The Hall–Kier alpha value is -0.200. The van der Waals surface area contributed by atoms with Crippen LogP contribution in [0.5, 0.6) is 0 Å². The first kappa shape index (κ1) is 12.8. The molecule has 0 saturated carbocycles. The number of primary amides is 1. The van der Waals surface area contributed by atoms with Crippen molar-refractivity contribution in [2.45, 2.75) is 12.5 Å². The third-order valence-corrected chi connectivity index (χ3v) is 2.51. The summed E-state index contributed by atoms with van der Waals surface area (Å²) in [5.41, 5.74) is 10.5. The molecule has 0 heterocycles. The molecule has 4 nitrogen and oxygen atoms in total. The maximum Gasteiger partial charge on any atom is 0.221 e. The number of carbonyl (C=O) groups is 2. The minimum atomic E-state index is -0.620. The lowest BCUT2D eigenvalue weighted by molar-refractivity contribution is -0.127. The summed E-state index contributed by atoms with van der Waals surface area (Å²) >= 11 is 7.79. The first-order chi connectivity index (χ1) is 6.02. The maximum absolute atomic E-state index is 11.2. The van der Waals surface area contributed by atoms with Crippen LogP contribution in [0.1, 0.15) is 6.42 Å². The molecule has 4 N–H and O–H groups in total. The van der Waals surface area contributed by atoms with Gasteiger partial charge in [0.15, 0.2) is 5.78 Å². The summed E-state index contributed by atoms with van der Waals surface area (Å²) < 4.78 is 0.